The Hall–Kier alpha value is -1.92. The van der Waals surface area contributed by atoms with Crippen LogP contribution >= 0.6 is 15.9 Å². The molecule has 0 fully saturated rings. The molecule has 2 aliphatic rings. The number of halogens is 1. The van der Waals surface area contributed by atoms with E-state index in [9.17, 15) is 9.59 Å². The fraction of sp³-hybridized carbons (Fsp3) is 0.250. The minimum absolute atomic E-state index is 0.177. The van der Waals surface area contributed by atoms with Gasteiger partial charge >= 0.3 is 11.9 Å². The Morgan fingerprint density at radius 2 is 1.77 bits per heavy atom. The molecule has 0 saturated heterocycles. The van der Waals surface area contributed by atoms with Gasteiger partial charge in [-0.1, -0.05) is 34.1 Å². The van der Waals surface area contributed by atoms with E-state index in [1.807, 2.05) is 24.3 Å². The predicted molar refractivity (Wildman–Crippen MR) is 80.9 cm³/mol. The summed E-state index contributed by atoms with van der Waals surface area (Å²) < 4.78 is 16.5. The average Bonchev–Trinajstić information content (AvgIpc) is 3.11. The fourth-order valence-electron chi connectivity index (χ4n) is 2.84. The smallest absolute Gasteiger partial charge is 0.338 e. The number of esters is 2. The molecule has 5 nitrogen and oxygen atoms in total. The highest BCUT2D eigenvalue weighted by atomic mass is 79.9. The molecule has 3 rings (SSSR count). The van der Waals surface area contributed by atoms with Crippen molar-refractivity contribution in [1.82, 2.24) is 0 Å². The molecule has 0 N–H and O–H groups in total. The molecule has 0 unspecified atom stereocenters. The predicted octanol–water partition coefficient (Wildman–Crippen LogP) is 2.26. The van der Waals surface area contributed by atoms with E-state index in [0.29, 0.717) is 0 Å². The van der Waals surface area contributed by atoms with Crippen molar-refractivity contribution in [2.45, 2.75) is 11.7 Å². The first-order chi connectivity index (χ1) is 10.5. The van der Waals surface area contributed by atoms with Crippen molar-refractivity contribution in [1.29, 1.82) is 0 Å². The van der Waals surface area contributed by atoms with Crippen LogP contribution in [0.2, 0.25) is 0 Å². The normalized spacial score (nSPS) is 25.5. The summed E-state index contributed by atoms with van der Waals surface area (Å²) >= 11 is 3.37. The summed E-state index contributed by atoms with van der Waals surface area (Å²) in [7, 11) is 2.54. The van der Waals surface area contributed by atoms with Gasteiger partial charge in [-0.15, -0.1) is 0 Å². The molecular weight excluding hydrogens is 352 g/mol. The lowest BCUT2D eigenvalue weighted by atomic mass is 9.81. The topological polar surface area (TPSA) is 61.8 Å². The molecule has 6 heteroatoms. The van der Waals surface area contributed by atoms with Gasteiger partial charge in [0, 0.05) is 4.47 Å². The number of hydrogen-bond donors (Lipinski definition) is 0. The second-order valence-electron chi connectivity index (χ2n) is 4.91. The van der Waals surface area contributed by atoms with Gasteiger partial charge in [-0.05, 0) is 23.8 Å². The molecule has 0 saturated carbocycles. The first-order valence-electron chi connectivity index (χ1n) is 6.58. The van der Waals surface area contributed by atoms with Crippen molar-refractivity contribution in [2.75, 3.05) is 14.2 Å². The Morgan fingerprint density at radius 1 is 1.14 bits per heavy atom. The van der Waals surface area contributed by atoms with Gasteiger partial charge in [0.25, 0.3) is 0 Å². The number of fused-ring (bicyclic) bond motifs is 2. The summed E-state index contributed by atoms with van der Waals surface area (Å²) in [6.45, 7) is 0. The lowest BCUT2D eigenvalue weighted by molar-refractivity contribution is -0.139. The molecule has 2 atom stereocenters. The van der Waals surface area contributed by atoms with E-state index in [0.717, 1.165) is 10.0 Å². The molecule has 0 amide bonds. The van der Waals surface area contributed by atoms with E-state index in [1.165, 1.54) is 14.2 Å². The maximum atomic E-state index is 12.3. The number of methoxy groups -OCH3 is 2. The molecule has 0 aliphatic carbocycles. The van der Waals surface area contributed by atoms with E-state index < -0.39 is 23.6 Å². The standard InChI is InChI=1S/C16H13BrO5/c1-20-14(18)12-11-7-8-16(22-11,13(12)15(19)21-2)9-3-5-10(17)6-4-9/h3-8,11H,1-2H3/t11-,16-/m1/s1. The van der Waals surface area contributed by atoms with E-state index in [-0.39, 0.29) is 11.1 Å². The van der Waals surface area contributed by atoms with Crippen molar-refractivity contribution in [2.24, 2.45) is 0 Å². The molecule has 114 valence electrons. The van der Waals surface area contributed by atoms with Gasteiger partial charge in [0.1, 0.15) is 11.7 Å². The third kappa shape index (κ3) is 2.02. The number of carbonyl (C=O) groups excluding carboxylic acids is 2. The number of hydrogen-bond acceptors (Lipinski definition) is 5. The monoisotopic (exact) mass is 364 g/mol. The minimum Gasteiger partial charge on any atom is -0.466 e. The third-order valence-corrected chi connectivity index (χ3v) is 4.34. The third-order valence-electron chi connectivity index (χ3n) is 3.81. The van der Waals surface area contributed by atoms with Gasteiger partial charge in [0.2, 0.25) is 0 Å². The molecule has 22 heavy (non-hydrogen) atoms. The number of ether oxygens (including phenoxy) is 3. The summed E-state index contributed by atoms with van der Waals surface area (Å²) in [5.41, 5.74) is 0.00678. The largest absolute Gasteiger partial charge is 0.466 e. The van der Waals surface area contributed by atoms with Gasteiger partial charge in [-0.2, -0.15) is 0 Å². The van der Waals surface area contributed by atoms with Crippen LogP contribution in [0.3, 0.4) is 0 Å². The van der Waals surface area contributed by atoms with Gasteiger partial charge in [0.15, 0.2) is 0 Å². The fourth-order valence-corrected chi connectivity index (χ4v) is 3.10. The van der Waals surface area contributed by atoms with Crippen LogP contribution in [0.5, 0.6) is 0 Å². The first-order valence-corrected chi connectivity index (χ1v) is 7.37. The molecule has 0 aromatic heterocycles. The summed E-state index contributed by atoms with van der Waals surface area (Å²) in [4.78, 5) is 24.3. The molecule has 0 spiro atoms. The number of rotatable bonds is 3. The van der Waals surface area contributed by atoms with Gasteiger partial charge in [-0.25, -0.2) is 9.59 Å². The Kier molecular flexibility index (Phi) is 3.66. The van der Waals surface area contributed by atoms with Crippen LogP contribution in [0.15, 0.2) is 52.0 Å². The second kappa shape index (κ2) is 5.37. The Bertz CT molecular complexity index is 704. The highest BCUT2D eigenvalue weighted by molar-refractivity contribution is 9.10. The molecule has 2 heterocycles. The zero-order valence-electron chi connectivity index (χ0n) is 12.0. The molecule has 1 aromatic rings. The van der Waals surface area contributed by atoms with Crippen molar-refractivity contribution >= 4 is 27.9 Å². The van der Waals surface area contributed by atoms with Crippen LogP contribution in [0, 0.1) is 0 Å². The average molecular weight is 365 g/mol. The SMILES string of the molecule is COC(=O)C1=C(C(=O)OC)[C@]2(c3ccc(Br)cc3)C=C[C@H]1O2. The van der Waals surface area contributed by atoms with Crippen LogP contribution in [-0.2, 0) is 29.4 Å². The van der Waals surface area contributed by atoms with Crippen molar-refractivity contribution < 1.29 is 23.8 Å². The first kappa shape index (κ1) is 15.0. The zero-order valence-corrected chi connectivity index (χ0v) is 13.5. The number of benzene rings is 1. The Morgan fingerprint density at radius 3 is 2.36 bits per heavy atom. The van der Waals surface area contributed by atoms with Crippen molar-refractivity contribution in [3.8, 4) is 0 Å². The summed E-state index contributed by atoms with van der Waals surface area (Å²) in [6, 6.07) is 7.36. The Balaban J connectivity index is 2.19. The van der Waals surface area contributed by atoms with Crippen molar-refractivity contribution in [3.05, 3.63) is 57.6 Å². The van der Waals surface area contributed by atoms with E-state index in [1.54, 1.807) is 12.2 Å². The quantitative estimate of drug-likeness (QED) is 0.608. The van der Waals surface area contributed by atoms with Crippen LogP contribution in [0.25, 0.3) is 0 Å². The van der Waals surface area contributed by atoms with Crippen LogP contribution < -0.4 is 0 Å². The van der Waals surface area contributed by atoms with Crippen molar-refractivity contribution in [3.63, 3.8) is 0 Å². The van der Waals surface area contributed by atoms with Crippen LogP contribution in [-0.4, -0.2) is 32.3 Å². The summed E-state index contributed by atoms with van der Waals surface area (Å²) in [5, 5.41) is 0. The van der Waals surface area contributed by atoms with Crippen LogP contribution in [0.4, 0.5) is 0 Å². The lowest BCUT2D eigenvalue weighted by Crippen LogP contribution is -2.30. The summed E-state index contributed by atoms with van der Waals surface area (Å²) in [5.74, 6) is -1.19. The highest BCUT2D eigenvalue weighted by Gasteiger charge is 2.55. The molecule has 1 aromatic carbocycles. The Labute approximate surface area is 135 Å². The van der Waals surface area contributed by atoms with E-state index >= 15 is 0 Å². The molecule has 2 aliphatic heterocycles. The van der Waals surface area contributed by atoms with E-state index in [2.05, 4.69) is 15.9 Å². The maximum absolute atomic E-state index is 12.3. The molecular formula is C16H13BrO5. The zero-order chi connectivity index (χ0) is 15.9. The highest BCUT2D eigenvalue weighted by Crippen LogP contribution is 2.50. The molecule has 0 radical (unpaired) electrons. The van der Waals surface area contributed by atoms with Crippen LogP contribution in [0.1, 0.15) is 5.56 Å². The van der Waals surface area contributed by atoms with Gasteiger partial charge in [0.05, 0.1) is 25.4 Å². The lowest BCUT2D eigenvalue weighted by Gasteiger charge is -2.26. The maximum Gasteiger partial charge on any atom is 0.338 e. The molecule has 2 bridgehead atoms. The number of carbonyl (C=O) groups is 2. The second-order valence-corrected chi connectivity index (χ2v) is 5.83. The minimum atomic E-state index is -1.11. The summed E-state index contributed by atoms with van der Waals surface area (Å²) in [6.07, 6.45) is 2.92. The van der Waals surface area contributed by atoms with E-state index in [4.69, 9.17) is 14.2 Å². The van der Waals surface area contributed by atoms with Gasteiger partial charge in [-0.3, -0.25) is 0 Å². The van der Waals surface area contributed by atoms with Gasteiger partial charge < -0.3 is 14.2 Å².